The Labute approximate surface area is 104 Å². The van der Waals surface area contributed by atoms with Crippen LogP contribution in [0.5, 0.6) is 0 Å². The highest BCUT2D eigenvalue weighted by Crippen LogP contribution is 2.05. The lowest BCUT2D eigenvalue weighted by molar-refractivity contribution is 0.102. The number of anilines is 1. The largest absolute Gasteiger partial charge is 0.364 e. The van der Waals surface area contributed by atoms with Crippen LogP contribution in [0.1, 0.15) is 21.6 Å². The molecule has 0 aliphatic rings. The van der Waals surface area contributed by atoms with Crippen molar-refractivity contribution in [3.05, 3.63) is 57.6 Å². The predicted molar refractivity (Wildman–Crippen MR) is 68.7 cm³/mol. The molecule has 0 aliphatic carbocycles. The number of amides is 1. The highest BCUT2D eigenvalue weighted by atomic mass is 16.2. The summed E-state index contributed by atoms with van der Waals surface area (Å²) in [5.41, 5.74) is 1.48. The van der Waals surface area contributed by atoms with E-state index in [1.54, 1.807) is 19.2 Å². The first kappa shape index (κ1) is 12.0. The van der Waals surface area contributed by atoms with Crippen LogP contribution in [0, 0.1) is 13.8 Å². The van der Waals surface area contributed by atoms with Crippen LogP contribution in [-0.4, -0.2) is 15.9 Å². The van der Waals surface area contributed by atoms with Crippen molar-refractivity contribution < 1.29 is 4.79 Å². The number of pyridine rings is 2. The second-order valence-electron chi connectivity index (χ2n) is 4.07. The monoisotopic (exact) mass is 243 g/mol. The summed E-state index contributed by atoms with van der Waals surface area (Å²) in [6, 6.07) is 4.91. The van der Waals surface area contributed by atoms with Crippen LogP contribution in [-0.2, 0) is 0 Å². The summed E-state index contributed by atoms with van der Waals surface area (Å²) >= 11 is 0. The molecular formula is C13H13N3O2. The van der Waals surface area contributed by atoms with Crippen LogP contribution >= 0.6 is 0 Å². The number of aromatic amines is 1. The molecule has 2 rings (SSSR count). The number of aryl methyl sites for hydroxylation is 2. The minimum absolute atomic E-state index is 0.0722. The van der Waals surface area contributed by atoms with E-state index in [1.165, 1.54) is 12.3 Å². The Balaban J connectivity index is 2.22. The maximum atomic E-state index is 11.9. The van der Waals surface area contributed by atoms with Gasteiger partial charge in [0.05, 0.1) is 0 Å². The van der Waals surface area contributed by atoms with E-state index in [-0.39, 0.29) is 11.0 Å². The molecule has 5 heteroatoms. The highest BCUT2D eigenvalue weighted by molar-refractivity contribution is 6.03. The Bertz CT molecular complexity index is 629. The van der Waals surface area contributed by atoms with Crippen molar-refractivity contribution in [2.45, 2.75) is 13.8 Å². The average molecular weight is 243 g/mol. The summed E-state index contributed by atoms with van der Waals surface area (Å²) in [7, 11) is 0. The van der Waals surface area contributed by atoms with Gasteiger partial charge in [-0.25, -0.2) is 4.98 Å². The maximum absolute atomic E-state index is 11.9. The van der Waals surface area contributed by atoms with Crippen LogP contribution in [0.25, 0.3) is 0 Å². The molecule has 2 N–H and O–H groups in total. The topological polar surface area (TPSA) is 74.8 Å². The number of nitrogens with one attached hydrogen (secondary N) is 2. The molecule has 92 valence electrons. The van der Waals surface area contributed by atoms with Crippen LogP contribution in [0.15, 0.2) is 35.4 Å². The van der Waals surface area contributed by atoms with Gasteiger partial charge in [-0.05, 0) is 25.5 Å². The van der Waals surface area contributed by atoms with Crippen LogP contribution in [0.2, 0.25) is 0 Å². The number of hydrogen-bond donors (Lipinski definition) is 2. The molecule has 2 heterocycles. The van der Waals surface area contributed by atoms with E-state index < -0.39 is 5.91 Å². The number of carbonyl (C=O) groups excluding carboxylic acids is 1. The summed E-state index contributed by atoms with van der Waals surface area (Å²) in [5, 5.41) is 2.58. The molecule has 0 spiro atoms. The molecule has 1 amide bonds. The Hall–Kier alpha value is -2.43. The van der Waals surface area contributed by atoms with Crippen molar-refractivity contribution in [2.75, 3.05) is 5.32 Å². The molecule has 0 aliphatic heterocycles. The van der Waals surface area contributed by atoms with E-state index in [2.05, 4.69) is 15.3 Å². The smallest absolute Gasteiger partial charge is 0.262 e. The SMILES string of the molecule is Cc1ccc(NC(=O)c2c[nH]c(C)cc2=O)nc1. The molecule has 2 aromatic rings. The van der Waals surface area contributed by atoms with Gasteiger partial charge in [-0.3, -0.25) is 9.59 Å². The van der Waals surface area contributed by atoms with Crippen LogP contribution in [0.3, 0.4) is 0 Å². The van der Waals surface area contributed by atoms with Crippen molar-refractivity contribution >= 4 is 11.7 Å². The Morgan fingerprint density at radius 3 is 2.72 bits per heavy atom. The van der Waals surface area contributed by atoms with Crippen molar-refractivity contribution in [1.29, 1.82) is 0 Å². The zero-order chi connectivity index (χ0) is 13.1. The highest BCUT2D eigenvalue weighted by Gasteiger charge is 2.10. The normalized spacial score (nSPS) is 10.1. The van der Waals surface area contributed by atoms with Gasteiger partial charge >= 0.3 is 0 Å². The van der Waals surface area contributed by atoms with Gasteiger partial charge in [0.2, 0.25) is 0 Å². The molecule has 0 atom stereocenters. The lowest BCUT2D eigenvalue weighted by Crippen LogP contribution is -2.21. The number of hydrogen-bond acceptors (Lipinski definition) is 3. The minimum atomic E-state index is -0.465. The standard InChI is InChI=1S/C13H13N3O2/c1-8-3-4-12(15-6-8)16-13(18)10-7-14-9(2)5-11(10)17/h3-7H,1-2H3,(H,14,17)(H,15,16,18). The number of nitrogens with zero attached hydrogens (tertiary/aromatic N) is 1. The molecule has 0 unspecified atom stereocenters. The third-order valence-electron chi connectivity index (χ3n) is 2.45. The van der Waals surface area contributed by atoms with Crippen molar-refractivity contribution in [3.8, 4) is 0 Å². The number of aromatic nitrogens is 2. The summed E-state index contributed by atoms with van der Waals surface area (Å²) in [6.45, 7) is 3.66. The Morgan fingerprint density at radius 1 is 1.33 bits per heavy atom. The van der Waals surface area contributed by atoms with E-state index in [4.69, 9.17) is 0 Å². The number of H-pyrrole nitrogens is 1. The molecule has 0 bridgehead atoms. The van der Waals surface area contributed by atoms with E-state index in [0.29, 0.717) is 11.5 Å². The van der Waals surface area contributed by atoms with Gasteiger partial charge in [-0.1, -0.05) is 6.07 Å². The Kier molecular flexibility index (Phi) is 3.23. The van der Waals surface area contributed by atoms with Crippen molar-refractivity contribution in [3.63, 3.8) is 0 Å². The molecule has 0 saturated heterocycles. The number of rotatable bonds is 2. The first-order valence-electron chi connectivity index (χ1n) is 5.49. The molecule has 0 saturated carbocycles. The molecule has 0 radical (unpaired) electrons. The van der Waals surface area contributed by atoms with Crippen molar-refractivity contribution in [2.24, 2.45) is 0 Å². The fourth-order valence-electron chi connectivity index (χ4n) is 1.48. The lowest BCUT2D eigenvalue weighted by atomic mass is 10.2. The molecule has 5 nitrogen and oxygen atoms in total. The molecule has 18 heavy (non-hydrogen) atoms. The molecular weight excluding hydrogens is 230 g/mol. The third kappa shape index (κ3) is 2.63. The maximum Gasteiger partial charge on any atom is 0.262 e. The van der Waals surface area contributed by atoms with Crippen LogP contribution in [0.4, 0.5) is 5.82 Å². The van der Waals surface area contributed by atoms with Gasteiger partial charge < -0.3 is 10.3 Å². The predicted octanol–water partition coefficient (Wildman–Crippen LogP) is 1.64. The van der Waals surface area contributed by atoms with Crippen molar-refractivity contribution in [1.82, 2.24) is 9.97 Å². The summed E-state index contributed by atoms with van der Waals surface area (Å²) in [5.74, 6) is -0.0434. The summed E-state index contributed by atoms with van der Waals surface area (Å²) in [6.07, 6.45) is 3.05. The first-order valence-corrected chi connectivity index (χ1v) is 5.49. The number of carbonyl (C=O) groups is 1. The lowest BCUT2D eigenvalue weighted by Gasteiger charge is -2.04. The molecule has 0 fully saturated rings. The van der Waals surface area contributed by atoms with Gasteiger partial charge in [0.15, 0.2) is 5.43 Å². The van der Waals surface area contributed by atoms with E-state index in [9.17, 15) is 9.59 Å². The van der Waals surface area contributed by atoms with E-state index in [1.807, 2.05) is 13.0 Å². The van der Waals surface area contributed by atoms with Gasteiger partial charge in [-0.2, -0.15) is 0 Å². The first-order chi connectivity index (χ1) is 8.56. The van der Waals surface area contributed by atoms with Gasteiger partial charge in [-0.15, -0.1) is 0 Å². The minimum Gasteiger partial charge on any atom is -0.364 e. The zero-order valence-electron chi connectivity index (χ0n) is 10.2. The van der Waals surface area contributed by atoms with E-state index >= 15 is 0 Å². The second-order valence-corrected chi connectivity index (χ2v) is 4.07. The zero-order valence-corrected chi connectivity index (χ0v) is 10.2. The average Bonchev–Trinajstić information content (AvgIpc) is 2.32. The van der Waals surface area contributed by atoms with E-state index in [0.717, 1.165) is 5.56 Å². The second kappa shape index (κ2) is 4.83. The fourth-order valence-corrected chi connectivity index (χ4v) is 1.48. The van der Waals surface area contributed by atoms with Gasteiger partial charge in [0, 0.05) is 24.2 Å². The quantitative estimate of drug-likeness (QED) is 0.842. The van der Waals surface area contributed by atoms with Gasteiger partial charge in [0.1, 0.15) is 11.4 Å². The van der Waals surface area contributed by atoms with Gasteiger partial charge in [0.25, 0.3) is 5.91 Å². The Morgan fingerprint density at radius 2 is 2.11 bits per heavy atom. The molecule has 0 aromatic carbocycles. The summed E-state index contributed by atoms with van der Waals surface area (Å²) < 4.78 is 0. The third-order valence-corrected chi connectivity index (χ3v) is 2.45. The summed E-state index contributed by atoms with van der Waals surface area (Å²) in [4.78, 5) is 30.4. The molecule has 2 aromatic heterocycles. The fraction of sp³-hybridized carbons (Fsp3) is 0.154. The van der Waals surface area contributed by atoms with Crippen LogP contribution < -0.4 is 10.7 Å².